The molecule has 1 N–H and O–H groups in total. The van der Waals surface area contributed by atoms with E-state index in [-0.39, 0.29) is 5.82 Å². The van der Waals surface area contributed by atoms with Crippen molar-refractivity contribution < 1.29 is 8.81 Å². The maximum Gasteiger partial charge on any atom is 0.183 e. The van der Waals surface area contributed by atoms with Crippen LogP contribution < -0.4 is 5.32 Å². The van der Waals surface area contributed by atoms with Crippen LogP contribution in [0.4, 0.5) is 9.52 Å². The molecule has 1 aromatic carbocycles. The largest absolute Gasteiger partial charge is 0.467 e. The lowest BCUT2D eigenvalue weighted by Crippen LogP contribution is -1.97. The van der Waals surface area contributed by atoms with Crippen molar-refractivity contribution in [2.45, 2.75) is 13.5 Å². The van der Waals surface area contributed by atoms with Gasteiger partial charge in [-0.3, -0.25) is 0 Å². The van der Waals surface area contributed by atoms with Crippen LogP contribution in [0.15, 0.2) is 46.4 Å². The third kappa shape index (κ3) is 2.72. The van der Waals surface area contributed by atoms with Crippen LogP contribution in [0, 0.1) is 12.7 Å². The molecular weight excluding hydrogens is 275 g/mol. The van der Waals surface area contributed by atoms with Crippen molar-refractivity contribution in [3.05, 3.63) is 59.1 Å². The van der Waals surface area contributed by atoms with Gasteiger partial charge < -0.3 is 9.73 Å². The molecule has 0 saturated carbocycles. The lowest BCUT2D eigenvalue weighted by atomic mass is 10.1. The second-order valence-electron chi connectivity index (χ2n) is 4.43. The summed E-state index contributed by atoms with van der Waals surface area (Å²) in [6.07, 6.45) is 1.64. The Balaban J connectivity index is 1.74. The van der Waals surface area contributed by atoms with E-state index >= 15 is 0 Å². The number of nitrogens with zero attached hydrogens (tertiary/aromatic N) is 1. The molecule has 0 bridgehead atoms. The van der Waals surface area contributed by atoms with Crippen LogP contribution in [0.5, 0.6) is 0 Å². The lowest BCUT2D eigenvalue weighted by Gasteiger charge is -2.01. The number of halogens is 1. The van der Waals surface area contributed by atoms with Gasteiger partial charge in [0.25, 0.3) is 0 Å². The van der Waals surface area contributed by atoms with Gasteiger partial charge in [-0.15, -0.1) is 11.3 Å². The zero-order valence-corrected chi connectivity index (χ0v) is 11.7. The summed E-state index contributed by atoms with van der Waals surface area (Å²) in [5.41, 5.74) is 2.40. The summed E-state index contributed by atoms with van der Waals surface area (Å²) in [7, 11) is 0. The number of aromatic nitrogens is 1. The average molecular weight is 288 g/mol. The van der Waals surface area contributed by atoms with E-state index in [0.717, 1.165) is 22.1 Å². The van der Waals surface area contributed by atoms with Crippen molar-refractivity contribution in [1.82, 2.24) is 4.98 Å². The van der Waals surface area contributed by atoms with Crippen molar-refractivity contribution in [2.24, 2.45) is 0 Å². The molecule has 2 heterocycles. The van der Waals surface area contributed by atoms with Gasteiger partial charge >= 0.3 is 0 Å². The van der Waals surface area contributed by atoms with E-state index < -0.39 is 0 Å². The summed E-state index contributed by atoms with van der Waals surface area (Å²) in [4.78, 5) is 4.49. The van der Waals surface area contributed by atoms with E-state index in [1.54, 1.807) is 25.3 Å². The first-order chi connectivity index (χ1) is 9.72. The molecule has 3 aromatic rings. The Morgan fingerprint density at radius 1 is 1.35 bits per heavy atom. The van der Waals surface area contributed by atoms with Crippen LogP contribution in [0.25, 0.3) is 11.3 Å². The van der Waals surface area contributed by atoms with Crippen molar-refractivity contribution >= 4 is 16.5 Å². The number of anilines is 1. The zero-order chi connectivity index (χ0) is 13.9. The normalized spacial score (nSPS) is 10.7. The first-order valence-electron chi connectivity index (χ1n) is 6.21. The first-order valence-corrected chi connectivity index (χ1v) is 7.08. The Morgan fingerprint density at radius 3 is 3.00 bits per heavy atom. The topological polar surface area (TPSA) is 38.1 Å². The molecule has 2 aromatic heterocycles. The first kappa shape index (κ1) is 12.9. The number of benzene rings is 1. The summed E-state index contributed by atoms with van der Waals surface area (Å²) < 4.78 is 18.5. The number of hydrogen-bond acceptors (Lipinski definition) is 4. The molecule has 0 aliphatic rings. The zero-order valence-electron chi connectivity index (χ0n) is 10.9. The molecule has 20 heavy (non-hydrogen) atoms. The van der Waals surface area contributed by atoms with Crippen molar-refractivity contribution in [3.8, 4) is 11.3 Å². The fourth-order valence-electron chi connectivity index (χ4n) is 1.87. The van der Waals surface area contributed by atoms with Gasteiger partial charge in [-0.25, -0.2) is 9.37 Å². The van der Waals surface area contributed by atoms with E-state index in [2.05, 4.69) is 10.3 Å². The fourth-order valence-corrected chi connectivity index (χ4v) is 2.59. The molecule has 0 unspecified atom stereocenters. The van der Waals surface area contributed by atoms with Crippen molar-refractivity contribution in [1.29, 1.82) is 0 Å². The average Bonchev–Trinajstić information content (AvgIpc) is 3.10. The third-order valence-electron chi connectivity index (χ3n) is 2.95. The number of hydrogen-bond donors (Lipinski definition) is 1. The van der Waals surface area contributed by atoms with E-state index in [1.165, 1.54) is 17.4 Å². The molecular formula is C15H13FN2OS. The standard InChI is InChI=1S/C15H13FN2OS/c1-10-7-11(4-5-13(10)16)14-9-20-15(18-14)17-8-12-3-2-6-19-12/h2-7,9H,8H2,1H3,(H,17,18). The highest BCUT2D eigenvalue weighted by Crippen LogP contribution is 2.26. The van der Waals surface area contributed by atoms with Crippen LogP contribution >= 0.6 is 11.3 Å². The number of thiazole rings is 1. The summed E-state index contributed by atoms with van der Waals surface area (Å²) >= 11 is 1.52. The van der Waals surface area contributed by atoms with Gasteiger partial charge in [-0.05, 0) is 42.8 Å². The maximum atomic E-state index is 13.3. The molecule has 0 radical (unpaired) electrons. The molecule has 0 saturated heterocycles. The molecule has 5 heteroatoms. The molecule has 0 amide bonds. The van der Waals surface area contributed by atoms with Crippen LogP contribution in [0.2, 0.25) is 0 Å². The van der Waals surface area contributed by atoms with Gasteiger partial charge in [0.05, 0.1) is 18.5 Å². The highest BCUT2D eigenvalue weighted by Gasteiger charge is 2.07. The minimum atomic E-state index is -0.194. The predicted molar refractivity (Wildman–Crippen MR) is 78.3 cm³/mol. The molecule has 3 rings (SSSR count). The molecule has 0 fully saturated rings. The number of nitrogens with one attached hydrogen (secondary N) is 1. The minimum absolute atomic E-state index is 0.194. The van der Waals surface area contributed by atoms with E-state index in [4.69, 9.17) is 4.42 Å². The van der Waals surface area contributed by atoms with Crippen LogP contribution in [-0.2, 0) is 6.54 Å². The summed E-state index contributed by atoms with van der Waals surface area (Å²) in [5.74, 6) is 0.666. The Kier molecular flexibility index (Phi) is 3.52. The minimum Gasteiger partial charge on any atom is -0.467 e. The van der Waals surface area contributed by atoms with Crippen LogP contribution in [-0.4, -0.2) is 4.98 Å². The molecule has 0 atom stereocenters. The van der Waals surface area contributed by atoms with E-state index in [0.29, 0.717) is 12.1 Å². The Labute approximate surface area is 120 Å². The quantitative estimate of drug-likeness (QED) is 0.770. The van der Waals surface area contributed by atoms with Crippen molar-refractivity contribution in [2.75, 3.05) is 5.32 Å². The Bertz CT molecular complexity index is 706. The molecule has 0 aliphatic heterocycles. The summed E-state index contributed by atoms with van der Waals surface area (Å²) in [6.45, 7) is 2.35. The highest BCUT2D eigenvalue weighted by atomic mass is 32.1. The fraction of sp³-hybridized carbons (Fsp3) is 0.133. The van der Waals surface area contributed by atoms with Gasteiger partial charge in [-0.1, -0.05) is 0 Å². The predicted octanol–water partition coefficient (Wildman–Crippen LogP) is 4.46. The highest BCUT2D eigenvalue weighted by molar-refractivity contribution is 7.14. The molecule has 3 nitrogen and oxygen atoms in total. The molecule has 102 valence electrons. The summed E-state index contributed by atoms with van der Waals surface area (Å²) in [6, 6.07) is 8.78. The number of furan rings is 1. The second kappa shape index (κ2) is 5.46. The van der Waals surface area contributed by atoms with Gasteiger partial charge in [0, 0.05) is 10.9 Å². The van der Waals surface area contributed by atoms with Gasteiger partial charge in [0.15, 0.2) is 5.13 Å². The van der Waals surface area contributed by atoms with Crippen LogP contribution in [0.3, 0.4) is 0 Å². The van der Waals surface area contributed by atoms with Gasteiger partial charge in [-0.2, -0.15) is 0 Å². The van der Waals surface area contributed by atoms with Crippen molar-refractivity contribution in [3.63, 3.8) is 0 Å². The lowest BCUT2D eigenvalue weighted by molar-refractivity contribution is 0.518. The molecule has 0 aliphatic carbocycles. The Morgan fingerprint density at radius 2 is 2.25 bits per heavy atom. The van der Waals surface area contributed by atoms with E-state index in [1.807, 2.05) is 17.5 Å². The monoisotopic (exact) mass is 288 g/mol. The summed E-state index contributed by atoms with van der Waals surface area (Å²) in [5, 5.41) is 5.98. The van der Waals surface area contributed by atoms with Crippen LogP contribution in [0.1, 0.15) is 11.3 Å². The number of rotatable bonds is 4. The van der Waals surface area contributed by atoms with Gasteiger partial charge in [0.1, 0.15) is 11.6 Å². The second-order valence-corrected chi connectivity index (χ2v) is 5.29. The maximum absolute atomic E-state index is 13.3. The SMILES string of the molecule is Cc1cc(-c2csc(NCc3ccco3)n2)ccc1F. The van der Waals surface area contributed by atoms with E-state index in [9.17, 15) is 4.39 Å². The third-order valence-corrected chi connectivity index (χ3v) is 3.75. The van der Waals surface area contributed by atoms with Gasteiger partial charge in [0.2, 0.25) is 0 Å². The molecule has 0 spiro atoms. The Hall–Kier alpha value is -2.14. The number of aryl methyl sites for hydroxylation is 1. The smallest absolute Gasteiger partial charge is 0.183 e.